The minimum absolute atomic E-state index is 0. The van der Waals surface area contributed by atoms with Crippen molar-refractivity contribution in [1.29, 1.82) is 0 Å². The van der Waals surface area contributed by atoms with Crippen molar-refractivity contribution >= 4 is 47.8 Å². The molecule has 8 aliphatic carbocycles. The third-order valence-electron chi connectivity index (χ3n) is 24.8. The third kappa shape index (κ3) is 71.8. The van der Waals surface area contributed by atoms with Gasteiger partial charge in [-0.1, -0.05) is 314 Å². The summed E-state index contributed by atoms with van der Waals surface area (Å²) >= 11 is 0. The lowest BCUT2D eigenvalue weighted by Gasteiger charge is -2.53. The van der Waals surface area contributed by atoms with Gasteiger partial charge in [0, 0.05) is 65.3 Å². The highest BCUT2D eigenvalue weighted by molar-refractivity contribution is 5.74. The maximum Gasteiger partial charge on any atom is 0.310 e. The van der Waals surface area contributed by atoms with Gasteiger partial charge in [0.2, 0.25) is 25.2 Å². The summed E-state index contributed by atoms with van der Waals surface area (Å²) in [6.07, 6.45) is 37.3. The summed E-state index contributed by atoms with van der Waals surface area (Å²) in [5.41, 5.74) is 0. The third-order valence-corrected chi connectivity index (χ3v) is 24.8. The Balaban J connectivity index is -0.0000000770. The molecular formula is C110H238O24. The van der Waals surface area contributed by atoms with Gasteiger partial charge in [0.1, 0.15) is 0 Å². The van der Waals surface area contributed by atoms with Crippen molar-refractivity contribution < 1.29 is 114 Å². The molecule has 12 atom stereocenters. The van der Waals surface area contributed by atoms with Gasteiger partial charge in [-0.15, -0.1) is 0 Å². The van der Waals surface area contributed by atoms with Gasteiger partial charge in [-0.25, -0.2) is 0 Å². The van der Waals surface area contributed by atoms with Gasteiger partial charge in [-0.2, -0.15) is 0 Å². The van der Waals surface area contributed by atoms with E-state index in [1.54, 1.807) is 21.3 Å². The van der Waals surface area contributed by atoms with Crippen LogP contribution in [0.3, 0.4) is 0 Å². The number of carbonyl (C=O) groups is 8. The van der Waals surface area contributed by atoms with Gasteiger partial charge in [-0.3, -0.25) is 38.4 Å². The molecule has 0 aromatic carbocycles. The van der Waals surface area contributed by atoms with Crippen molar-refractivity contribution in [1.82, 2.24) is 0 Å². The second-order valence-electron chi connectivity index (χ2n) is 33.9. The standard InChI is InChI=1S/C16H26O3.C14H26O3.C13H24O3.2C12H22O3.C12H24O3.C8H16O3.C7H14O3.16CH4/c1-3-10(2)16(17)19-9-18-15-13-5-11-4-12(7-13)8-14(15)6-11;1-4-11(3)13(15)17-14(16-5-2)12-9-7-6-8-10-12;1-4-10(2)12(14)16-13(15-3)11-8-6-5-7-9-11;1-4-9(2)11(13)15-12(14-3)10-7-5-6-8-10;1-3-10(2)12(13)15-9-14-11-7-5-4-6-8-11;1-6-9(4)11(13)15-12(14-5)10(7-2)8-3;1-4-7(3)8(9)11-6-10-5-2;1-4-6(2)7(8)10-5-9-3;;;;;;;;;;;;;;;;/h10-15H,3-9H2,1-2H3;11-12,14H,4-10H2,1-3H3;10-11,13H,4-9H2,1-3H3;9-10,12H,4-8H2,1-3H3;10-11H,3-9H2,1-2H3;9-10,12H,6-8H2,1-5H3;7H,4-6H2,1-3H3;6H,4-5H2,1-3H3;16*1H4. The van der Waals surface area contributed by atoms with E-state index in [4.69, 9.17) is 66.3 Å². The average molecular weight is 1950 g/mol. The molecule has 8 rings (SSSR count). The zero-order chi connectivity index (χ0) is 88.9. The summed E-state index contributed by atoms with van der Waals surface area (Å²) in [7, 11) is 6.33. The number of esters is 8. The molecule has 12 unspecified atom stereocenters. The van der Waals surface area contributed by atoms with Crippen molar-refractivity contribution in [2.24, 2.45) is 94.7 Å². The van der Waals surface area contributed by atoms with E-state index in [0.29, 0.717) is 49.1 Å². The molecule has 8 fully saturated rings. The molecule has 0 aliphatic heterocycles. The highest BCUT2D eigenvalue weighted by Gasteiger charge is 2.49. The number of hydrogen-bond donors (Lipinski definition) is 0. The van der Waals surface area contributed by atoms with Gasteiger partial charge in [-0.05, 0) is 185 Å². The molecule has 0 heterocycles. The lowest BCUT2D eigenvalue weighted by atomic mass is 9.55. The quantitative estimate of drug-likeness (QED) is 0.0237. The first-order valence-electron chi connectivity index (χ1n) is 46.5. The molecule has 24 heteroatoms. The Morgan fingerprint density at radius 3 is 0.806 bits per heavy atom. The first-order valence-corrected chi connectivity index (χ1v) is 46.5. The first-order chi connectivity index (χ1) is 56.5. The predicted octanol–water partition coefficient (Wildman–Crippen LogP) is 31.6. The Kier molecular flexibility index (Phi) is 131. The maximum atomic E-state index is 11.8. The van der Waals surface area contributed by atoms with Crippen LogP contribution in [0.5, 0.6) is 0 Å². The van der Waals surface area contributed by atoms with Gasteiger partial charge in [0.05, 0.1) is 59.6 Å². The fraction of sp³-hybridized carbons (Fsp3) is 0.927. The maximum absolute atomic E-state index is 11.8. The molecule has 134 heavy (non-hydrogen) atoms. The SMILES string of the molecule is C.C.C.C.C.C.C.C.C.C.C.C.C.C.C.C.CCC(C)C(=O)OC(OC)C(CC)CC.CCC(C)C(=O)OC(OC)C1CCCC1.CCC(C)C(=O)OC(OC)C1CCCCC1.CCC(C)C(=O)OCOC.CCC(C)C(=O)OCOC1C2CC3CC(C2)CC1C3.CCC(C)C(=O)OCOC1CCCCC1.CCOC(OC(=O)C(C)CC)C1CCCCC1.CCOCOC(=O)C(C)CC. The number of hydrogen-bond acceptors (Lipinski definition) is 24. The summed E-state index contributed by atoms with van der Waals surface area (Å²) < 4.78 is 83.7. The van der Waals surface area contributed by atoms with Crippen LogP contribution in [0.4, 0.5) is 0 Å². The smallest absolute Gasteiger partial charge is 0.310 e. The van der Waals surface area contributed by atoms with Crippen molar-refractivity contribution in [3.05, 3.63) is 0 Å². The number of rotatable bonds is 42. The molecule has 24 nitrogen and oxygen atoms in total. The first kappa shape index (κ1) is 169. The summed E-state index contributed by atoms with van der Waals surface area (Å²) in [6, 6.07) is 0. The lowest BCUT2D eigenvalue weighted by Crippen LogP contribution is -2.49. The molecule has 0 saturated heterocycles. The Bertz CT molecular complexity index is 2490. The molecule has 0 radical (unpaired) electrons. The van der Waals surface area contributed by atoms with Crippen LogP contribution in [0.2, 0.25) is 0 Å². The Hall–Kier alpha value is -4.56. The van der Waals surface area contributed by atoms with Crippen molar-refractivity contribution in [2.75, 3.05) is 68.8 Å². The molecular weight excluding hydrogens is 1710 g/mol. The van der Waals surface area contributed by atoms with Crippen molar-refractivity contribution in [3.63, 3.8) is 0 Å². The van der Waals surface area contributed by atoms with Crippen LogP contribution in [-0.2, 0) is 114 Å². The molecule has 0 amide bonds. The molecule has 822 valence electrons. The topological polar surface area (TPSA) is 284 Å². The van der Waals surface area contributed by atoms with Crippen LogP contribution in [0.15, 0.2) is 0 Å². The molecule has 8 saturated carbocycles. The van der Waals surface area contributed by atoms with E-state index >= 15 is 0 Å². The molecule has 0 N–H and O–H groups in total. The largest absolute Gasteiger partial charge is 0.438 e. The summed E-state index contributed by atoms with van der Waals surface area (Å²) in [5.74, 6) is 3.55. The number of methoxy groups -OCH3 is 4. The van der Waals surface area contributed by atoms with Crippen LogP contribution < -0.4 is 0 Å². The van der Waals surface area contributed by atoms with Gasteiger partial charge in [0.25, 0.3) is 0 Å². The predicted molar refractivity (Wildman–Crippen MR) is 567 cm³/mol. The fourth-order valence-corrected chi connectivity index (χ4v) is 15.0. The van der Waals surface area contributed by atoms with Crippen molar-refractivity contribution in [2.45, 2.75) is 513 Å². The van der Waals surface area contributed by atoms with E-state index < -0.39 is 0 Å². The minimum atomic E-state index is -0.388. The minimum Gasteiger partial charge on any atom is -0.438 e. The second-order valence-corrected chi connectivity index (χ2v) is 33.9. The van der Waals surface area contributed by atoms with Crippen molar-refractivity contribution in [3.8, 4) is 0 Å². The summed E-state index contributed by atoms with van der Waals surface area (Å²) in [6.45, 7) is 40.5. The zero-order valence-electron chi connectivity index (χ0n) is 78.8. The van der Waals surface area contributed by atoms with E-state index in [1.807, 2.05) is 125 Å². The Labute approximate surface area is 834 Å². The van der Waals surface area contributed by atoms with Crippen LogP contribution in [0.1, 0.15) is 476 Å². The second kappa shape index (κ2) is 104. The monoisotopic (exact) mass is 1940 g/mol. The number of ether oxygens (including phenoxy) is 16. The Morgan fingerprint density at radius 1 is 0.269 bits per heavy atom. The molecule has 0 aromatic rings. The van der Waals surface area contributed by atoms with E-state index in [2.05, 4.69) is 23.3 Å². The molecule has 0 spiro atoms. The summed E-state index contributed by atoms with van der Waals surface area (Å²) in [4.78, 5) is 91.4. The Morgan fingerprint density at radius 2 is 0.530 bits per heavy atom. The summed E-state index contributed by atoms with van der Waals surface area (Å²) in [5, 5.41) is 0. The van der Waals surface area contributed by atoms with E-state index in [-0.39, 0.29) is 266 Å². The molecule has 0 aromatic heterocycles. The highest BCUT2D eigenvalue weighted by Crippen LogP contribution is 2.54. The number of carbonyl (C=O) groups excluding carboxylic acids is 8. The average Bonchev–Trinajstić information content (AvgIpc) is 0.788. The zero-order valence-corrected chi connectivity index (χ0v) is 78.8. The van der Waals surface area contributed by atoms with E-state index in [0.717, 1.165) is 139 Å². The van der Waals surface area contributed by atoms with Crippen LogP contribution in [0.25, 0.3) is 0 Å². The van der Waals surface area contributed by atoms with Crippen LogP contribution in [-0.4, -0.2) is 154 Å². The van der Waals surface area contributed by atoms with E-state index in [9.17, 15) is 38.4 Å². The van der Waals surface area contributed by atoms with Gasteiger partial charge >= 0.3 is 47.8 Å². The molecule has 4 bridgehead atoms. The van der Waals surface area contributed by atoms with E-state index in [1.165, 1.54) is 110 Å². The van der Waals surface area contributed by atoms with Gasteiger partial charge < -0.3 is 75.8 Å². The lowest BCUT2D eigenvalue weighted by molar-refractivity contribution is -0.197. The fourth-order valence-electron chi connectivity index (χ4n) is 15.0. The van der Waals surface area contributed by atoms with Gasteiger partial charge in [0.15, 0.2) is 27.2 Å². The van der Waals surface area contributed by atoms with Crippen LogP contribution >= 0.6 is 0 Å². The normalized spacial score (nSPS) is 19.3. The van der Waals surface area contributed by atoms with Crippen LogP contribution in [0, 0.1) is 94.7 Å². The molecule has 8 aliphatic rings. The highest BCUT2D eigenvalue weighted by atomic mass is 16.7.